The van der Waals surface area contributed by atoms with Gasteiger partial charge in [-0.3, -0.25) is 9.69 Å². The Hall–Kier alpha value is -1.99. The third kappa shape index (κ3) is 4.10. The van der Waals surface area contributed by atoms with E-state index in [0.29, 0.717) is 23.2 Å². The van der Waals surface area contributed by atoms with Crippen LogP contribution in [0.15, 0.2) is 21.6 Å². The molecule has 1 N–H and O–H groups in total. The van der Waals surface area contributed by atoms with Gasteiger partial charge in [-0.2, -0.15) is 4.98 Å². The molecular weight excluding hydrogens is 308 g/mol. The van der Waals surface area contributed by atoms with E-state index in [1.54, 1.807) is 6.20 Å². The smallest absolute Gasteiger partial charge is 0.259 e. The van der Waals surface area contributed by atoms with Crippen molar-refractivity contribution in [2.45, 2.75) is 33.2 Å². The zero-order chi connectivity index (χ0) is 16.9. The van der Waals surface area contributed by atoms with Crippen molar-refractivity contribution in [1.29, 1.82) is 0 Å². The normalized spacial score (nSPS) is 17.1. The van der Waals surface area contributed by atoms with Crippen LogP contribution >= 0.6 is 0 Å². The number of pyridine rings is 1. The number of hydrogen-bond acceptors (Lipinski definition) is 6. The number of hydrogen-bond donors (Lipinski definition) is 1. The Kier molecular flexibility index (Phi) is 5.42. The average molecular weight is 332 g/mol. The van der Waals surface area contributed by atoms with Crippen molar-refractivity contribution in [3.8, 4) is 11.4 Å². The van der Waals surface area contributed by atoms with E-state index in [9.17, 15) is 4.79 Å². The molecule has 1 unspecified atom stereocenters. The van der Waals surface area contributed by atoms with E-state index in [1.165, 1.54) is 0 Å². The van der Waals surface area contributed by atoms with E-state index in [2.05, 4.69) is 33.9 Å². The van der Waals surface area contributed by atoms with Crippen LogP contribution in [0.4, 0.5) is 0 Å². The van der Waals surface area contributed by atoms with Gasteiger partial charge in [0.1, 0.15) is 0 Å². The summed E-state index contributed by atoms with van der Waals surface area (Å²) in [4.78, 5) is 21.6. The predicted octanol–water partition coefficient (Wildman–Crippen LogP) is 1.85. The number of nitrogens with zero attached hydrogens (tertiary/aromatic N) is 3. The summed E-state index contributed by atoms with van der Waals surface area (Å²) in [6.45, 7) is 8.33. The molecule has 0 aromatic carbocycles. The third-order valence-electron chi connectivity index (χ3n) is 4.40. The summed E-state index contributed by atoms with van der Waals surface area (Å²) in [6, 6.07) is 1.85. The van der Waals surface area contributed by atoms with Crippen LogP contribution in [0, 0.1) is 5.92 Å². The maximum atomic E-state index is 12.1. The second-order valence-electron chi connectivity index (χ2n) is 6.37. The summed E-state index contributed by atoms with van der Waals surface area (Å²) in [5.41, 5.74) is 1.29. The van der Waals surface area contributed by atoms with Crippen molar-refractivity contribution < 1.29 is 9.26 Å². The molecule has 2 aromatic rings. The van der Waals surface area contributed by atoms with Crippen molar-refractivity contribution >= 4 is 0 Å². The molecule has 0 aliphatic carbocycles. The van der Waals surface area contributed by atoms with Gasteiger partial charge in [-0.15, -0.1) is 0 Å². The van der Waals surface area contributed by atoms with Crippen LogP contribution in [0.25, 0.3) is 11.4 Å². The first-order chi connectivity index (χ1) is 11.7. The van der Waals surface area contributed by atoms with E-state index in [0.717, 1.165) is 51.3 Å². The monoisotopic (exact) mass is 332 g/mol. The number of morpholine rings is 1. The van der Waals surface area contributed by atoms with Gasteiger partial charge in [-0.25, -0.2) is 0 Å². The molecule has 3 heterocycles. The number of H-pyrrole nitrogens is 1. The fourth-order valence-corrected chi connectivity index (χ4v) is 2.69. The Morgan fingerprint density at radius 2 is 2.17 bits per heavy atom. The van der Waals surface area contributed by atoms with Crippen LogP contribution in [0.3, 0.4) is 0 Å². The van der Waals surface area contributed by atoms with Crippen molar-refractivity contribution in [3.63, 3.8) is 0 Å². The van der Waals surface area contributed by atoms with Crippen LogP contribution < -0.4 is 5.56 Å². The number of nitrogens with one attached hydrogen (secondary N) is 1. The molecule has 1 aliphatic rings. The summed E-state index contributed by atoms with van der Waals surface area (Å²) in [7, 11) is 0. The van der Waals surface area contributed by atoms with E-state index in [-0.39, 0.29) is 5.56 Å². The Balaban J connectivity index is 1.77. The summed E-state index contributed by atoms with van der Waals surface area (Å²) < 4.78 is 10.7. The summed E-state index contributed by atoms with van der Waals surface area (Å²) in [5.74, 6) is 1.42. The number of aromatic nitrogens is 3. The molecule has 0 bridgehead atoms. The van der Waals surface area contributed by atoms with Crippen LogP contribution in [-0.4, -0.2) is 46.3 Å². The van der Waals surface area contributed by atoms with Crippen molar-refractivity contribution in [1.82, 2.24) is 20.0 Å². The zero-order valence-corrected chi connectivity index (χ0v) is 14.2. The second kappa shape index (κ2) is 7.72. The second-order valence-corrected chi connectivity index (χ2v) is 6.37. The van der Waals surface area contributed by atoms with Gasteiger partial charge < -0.3 is 14.2 Å². The first kappa shape index (κ1) is 16.9. The van der Waals surface area contributed by atoms with Gasteiger partial charge in [-0.05, 0) is 17.5 Å². The van der Waals surface area contributed by atoms with Crippen LogP contribution in [0.5, 0.6) is 0 Å². The van der Waals surface area contributed by atoms with Crippen LogP contribution in [0.1, 0.15) is 31.7 Å². The molecule has 0 spiro atoms. The van der Waals surface area contributed by atoms with Gasteiger partial charge >= 0.3 is 0 Å². The maximum absolute atomic E-state index is 12.1. The lowest BCUT2D eigenvalue weighted by atomic mass is 10.1. The molecule has 1 fully saturated rings. The summed E-state index contributed by atoms with van der Waals surface area (Å²) in [6.07, 6.45) is 3.53. The molecule has 0 saturated carbocycles. The molecule has 2 aromatic heterocycles. The van der Waals surface area contributed by atoms with E-state index in [4.69, 9.17) is 9.26 Å². The molecule has 130 valence electrons. The van der Waals surface area contributed by atoms with E-state index < -0.39 is 0 Å². The van der Waals surface area contributed by atoms with Gasteiger partial charge in [0.2, 0.25) is 11.7 Å². The highest BCUT2D eigenvalue weighted by Crippen LogP contribution is 2.16. The molecule has 3 rings (SSSR count). The minimum Gasteiger partial charge on any atom is -0.379 e. The highest BCUT2D eigenvalue weighted by atomic mass is 16.5. The third-order valence-corrected chi connectivity index (χ3v) is 4.40. The predicted molar refractivity (Wildman–Crippen MR) is 89.6 cm³/mol. The molecular formula is C17H24N4O3. The Bertz CT molecular complexity index is 719. The first-order valence-electron chi connectivity index (χ1n) is 8.50. The molecule has 24 heavy (non-hydrogen) atoms. The standard InChI is InChI=1S/C17H24N4O3/c1-3-12(2)8-15-19-16(20-24-15)14-9-13(10-18-17(14)22)11-21-4-6-23-7-5-21/h9-10,12H,3-8,11H2,1-2H3,(H,18,22). The number of aromatic amines is 1. The highest BCUT2D eigenvalue weighted by Gasteiger charge is 2.16. The quantitative estimate of drug-likeness (QED) is 0.869. The fraction of sp³-hybridized carbons (Fsp3) is 0.588. The van der Waals surface area contributed by atoms with Gasteiger partial charge in [0.25, 0.3) is 5.56 Å². The Labute approximate surface area is 141 Å². The number of ether oxygens (including phenoxy) is 1. The summed E-state index contributed by atoms with van der Waals surface area (Å²) in [5, 5.41) is 3.98. The fourth-order valence-electron chi connectivity index (χ4n) is 2.69. The molecule has 0 radical (unpaired) electrons. The van der Waals surface area contributed by atoms with Crippen molar-refractivity contribution in [2.75, 3.05) is 26.3 Å². The molecule has 7 heteroatoms. The topological polar surface area (TPSA) is 84.3 Å². The first-order valence-corrected chi connectivity index (χ1v) is 8.50. The molecule has 1 saturated heterocycles. The average Bonchev–Trinajstić information content (AvgIpc) is 3.05. The Morgan fingerprint density at radius 1 is 1.38 bits per heavy atom. The number of rotatable bonds is 6. The molecule has 1 atom stereocenters. The Morgan fingerprint density at radius 3 is 2.92 bits per heavy atom. The largest absolute Gasteiger partial charge is 0.379 e. The van der Waals surface area contributed by atoms with Gasteiger partial charge in [-0.1, -0.05) is 25.4 Å². The SMILES string of the molecule is CCC(C)Cc1nc(-c2cc(CN3CCOCC3)c[nH]c2=O)no1. The van der Waals surface area contributed by atoms with Gasteiger partial charge in [0, 0.05) is 32.3 Å². The molecule has 1 aliphatic heterocycles. The lowest BCUT2D eigenvalue weighted by Crippen LogP contribution is -2.35. The van der Waals surface area contributed by atoms with Gasteiger partial charge in [0.15, 0.2) is 0 Å². The molecule has 7 nitrogen and oxygen atoms in total. The maximum Gasteiger partial charge on any atom is 0.259 e. The van der Waals surface area contributed by atoms with Crippen LogP contribution in [-0.2, 0) is 17.7 Å². The summed E-state index contributed by atoms with van der Waals surface area (Å²) >= 11 is 0. The van der Waals surface area contributed by atoms with E-state index >= 15 is 0 Å². The van der Waals surface area contributed by atoms with E-state index in [1.807, 2.05) is 6.07 Å². The minimum absolute atomic E-state index is 0.198. The lowest BCUT2D eigenvalue weighted by molar-refractivity contribution is 0.0341. The van der Waals surface area contributed by atoms with Crippen LogP contribution in [0.2, 0.25) is 0 Å². The van der Waals surface area contributed by atoms with Crippen molar-refractivity contribution in [3.05, 3.63) is 34.1 Å². The minimum atomic E-state index is -0.198. The lowest BCUT2D eigenvalue weighted by Gasteiger charge is -2.26. The van der Waals surface area contributed by atoms with Gasteiger partial charge in [0.05, 0.1) is 18.8 Å². The van der Waals surface area contributed by atoms with Crippen molar-refractivity contribution in [2.24, 2.45) is 5.92 Å². The zero-order valence-electron chi connectivity index (χ0n) is 14.2. The molecule has 0 amide bonds. The highest BCUT2D eigenvalue weighted by molar-refractivity contribution is 5.53.